The third-order valence-electron chi connectivity index (χ3n) is 5.18. The maximum absolute atomic E-state index is 6.33. The highest BCUT2D eigenvalue weighted by Crippen LogP contribution is 2.48. The molecule has 0 spiro atoms. The predicted molar refractivity (Wildman–Crippen MR) is 79.8 cm³/mol. The Kier molecular flexibility index (Phi) is 3.82. The van der Waals surface area contributed by atoms with Crippen LogP contribution in [0.3, 0.4) is 0 Å². The number of aromatic nitrogens is 2. The maximum atomic E-state index is 6.33. The van der Waals surface area contributed by atoms with E-state index in [9.17, 15) is 0 Å². The van der Waals surface area contributed by atoms with Gasteiger partial charge in [-0.2, -0.15) is 4.98 Å². The van der Waals surface area contributed by atoms with Crippen LogP contribution in [-0.2, 0) is 10.3 Å². The molecule has 21 heavy (non-hydrogen) atoms. The van der Waals surface area contributed by atoms with E-state index in [-0.39, 0.29) is 5.41 Å². The van der Waals surface area contributed by atoms with Crippen molar-refractivity contribution in [3.05, 3.63) is 11.7 Å². The molecular formula is C16H27N3O2. The smallest absolute Gasteiger partial charge is 0.230 e. The van der Waals surface area contributed by atoms with E-state index in [1.807, 2.05) is 6.92 Å². The van der Waals surface area contributed by atoms with Crippen LogP contribution in [0.4, 0.5) is 0 Å². The Morgan fingerprint density at radius 2 is 2.10 bits per heavy atom. The first-order valence-corrected chi connectivity index (χ1v) is 8.13. The lowest BCUT2D eigenvalue weighted by atomic mass is 9.82. The monoisotopic (exact) mass is 293 g/mol. The summed E-state index contributed by atoms with van der Waals surface area (Å²) in [5.41, 5.74) is 5.89. The van der Waals surface area contributed by atoms with E-state index < -0.39 is 5.54 Å². The molecule has 2 saturated carbocycles. The fourth-order valence-electron chi connectivity index (χ4n) is 3.29. The molecular weight excluding hydrogens is 266 g/mol. The molecule has 0 amide bonds. The fourth-order valence-corrected chi connectivity index (χ4v) is 3.29. The van der Waals surface area contributed by atoms with Crippen molar-refractivity contribution < 1.29 is 9.26 Å². The van der Waals surface area contributed by atoms with Gasteiger partial charge in [-0.1, -0.05) is 25.4 Å². The van der Waals surface area contributed by atoms with Gasteiger partial charge in [0, 0.05) is 5.92 Å². The summed E-state index contributed by atoms with van der Waals surface area (Å²) in [6, 6.07) is 0. The van der Waals surface area contributed by atoms with Crippen LogP contribution in [0.15, 0.2) is 4.52 Å². The van der Waals surface area contributed by atoms with E-state index in [1.54, 1.807) is 0 Å². The SMILES string of the molecule is CC(N)(COC1CCC1)c1noc(C2CCCC2(C)C)n1. The van der Waals surface area contributed by atoms with Gasteiger partial charge in [0.2, 0.25) is 5.89 Å². The predicted octanol–water partition coefficient (Wildman–Crippen LogP) is 3.11. The summed E-state index contributed by atoms with van der Waals surface area (Å²) < 4.78 is 11.3. The van der Waals surface area contributed by atoms with Gasteiger partial charge in [0.15, 0.2) is 5.82 Å². The molecule has 118 valence electrons. The first kappa shape index (κ1) is 15.0. The zero-order chi connectivity index (χ0) is 15.1. The van der Waals surface area contributed by atoms with E-state index >= 15 is 0 Å². The highest BCUT2D eigenvalue weighted by molar-refractivity contribution is 5.08. The van der Waals surface area contributed by atoms with Gasteiger partial charge in [0.1, 0.15) is 5.54 Å². The maximum Gasteiger partial charge on any atom is 0.230 e. The van der Waals surface area contributed by atoms with Gasteiger partial charge in [-0.15, -0.1) is 0 Å². The standard InChI is InChI=1S/C16H27N3O2/c1-15(2)9-5-8-12(15)13-18-14(19-21-13)16(3,17)10-20-11-6-4-7-11/h11-12H,4-10,17H2,1-3H3. The number of rotatable bonds is 5. The van der Waals surface area contributed by atoms with Gasteiger partial charge in [-0.25, -0.2) is 0 Å². The van der Waals surface area contributed by atoms with Crippen LogP contribution in [0, 0.1) is 5.41 Å². The van der Waals surface area contributed by atoms with Crippen LogP contribution in [0.5, 0.6) is 0 Å². The van der Waals surface area contributed by atoms with E-state index in [1.165, 1.54) is 19.3 Å². The average molecular weight is 293 g/mol. The summed E-state index contributed by atoms with van der Waals surface area (Å²) in [5.74, 6) is 1.66. The number of nitrogens with two attached hydrogens (primary N) is 1. The van der Waals surface area contributed by atoms with Crippen molar-refractivity contribution in [2.24, 2.45) is 11.1 Å². The highest BCUT2D eigenvalue weighted by atomic mass is 16.5. The van der Waals surface area contributed by atoms with Gasteiger partial charge < -0.3 is 15.0 Å². The Morgan fingerprint density at radius 3 is 2.67 bits per heavy atom. The summed E-state index contributed by atoms with van der Waals surface area (Å²) in [4.78, 5) is 4.60. The zero-order valence-corrected chi connectivity index (χ0v) is 13.4. The molecule has 1 aromatic rings. The van der Waals surface area contributed by atoms with Gasteiger partial charge in [-0.05, 0) is 44.4 Å². The van der Waals surface area contributed by atoms with E-state index in [2.05, 4.69) is 24.0 Å². The minimum absolute atomic E-state index is 0.233. The largest absolute Gasteiger partial charge is 0.376 e. The molecule has 1 aromatic heterocycles. The van der Waals surface area contributed by atoms with E-state index in [4.69, 9.17) is 15.0 Å². The fraction of sp³-hybridized carbons (Fsp3) is 0.875. The Balaban J connectivity index is 1.68. The third kappa shape index (κ3) is 2.99. The summed E-state index contributed by atoms with van der Waals surface area (Å²) in [6.07, 6.45) is 7.46. The lowest BCUT2D eigenvalue weighted by molar-refractivity contribution is -0.0222. The van der Waals surface area contributed by atoms with Crippen LogP contribution >= 0.6 is 0 Å². The lowest BCUT2D eigenvalue weighted by Gasteiger charge is -2.29. The molecule has 0 bridgehead atoms. The van der Waals surface area contributed by atoms with Crippen molar-refractivity contribution in [2.45, 2.75) is 76.9 Å². The first-order valence-electron chi connectivity index (χ1n) is 8.13. The van der Waals surface area contributed by atoms with Crippen molar-refractivity contribution in [1.82, 2.24) is 10.1 Å². The lowest BCUT2D eigenvalue weighted by Crippen LogP contribution is -2.41. The van der Waals surface area contributed by atoms with Crippen molar-refractivity contribution in [3.63, 3.8) is 0 Å². The molecule has 5 nitrogen and oxygen atoms in total. The Labute approximate surface area is 126 Å². The van der Waals surface area contributed by atoms with Gasteiger partial charge >= 0.3 is 0 Å². The van der Waals surface area contributed by atoms with Crippen molar-refractivity contribution >= 4 is 0 Å². The Hall–Kier alpha value is -0.940. The molecule has 0 aliphatic heterocycles. The van der Waals surface area contributed by atoms with Gasteiger partial charge in [0.25, 0.3) is 0 Å². The second-order valence-electron chi connectivity index (χ2n) is 7.67. The minimum atomic E-state index is -0.680. The minimum Gasteiger partial charge on any atom is -0.376 e. The number of hydrogen-bond acceptors (Lipinski definition) is 5. The second-order valence-corrected chi connectivity index (χ2v) is 7.67. The molecule has 0 aromatic carbocycles. The summed E-state index contributed by atoms with van der Waals surface area (Å²) >= 11 is 0. The topological polar surface area (TPSA) is 74.2 Å². The molecule has 1 heterocycles. The first-order chi connectivity index (χ1) is 9.88. The van der Waals surface area contributed by atoms with Crippen LogP contribution in [0.2, 0.25) is 0 Å². The number of hydrogen-bond donors (Lipinski definition) is 1. The summed E-state index contributed by atoms with van der Waals surface area (Å²) in [7, 11) is 0. The summed E-state index contributed by atoms with van der Waals surface area (Å²) in [6.45, 7) is 6.91. The molecule has 5 heteroatoms. The van der Waals surface area contributed by atoms with Gasteiger partial charge in [-0.3, -0.25) is 0 Å². The molecule has 2 aliphatic carbocycles. The molecule has 3 rings (SSSR count). The number of ether oxygens (including phenoxy) is 1. The third-order valence-corrected chi connectivity index (χ3v) is 5.18. The Morgan fingerprint density at radius 1 is 1.33 bits per heavy atom. The van der Waals surface area contributed by atoms with Crippen molar-refractivity contribution in [3.8, 4) is 0 Å². The molecule has 2 atom stereocenters. The van der Waals surface area contributed by atoms with E-state index in [0.29, 0.717) is 24.5 Å². The number of nitrogens with zero attached hydrogens (tertiary/aromatic N) is 2. The Bertz CT molecular complexity index is 491. The molecule has 2 fully saturated rings. The van der Waals surface area contributed by atoms with Crippen LogP contribution in [0.25, 0.3) is 0 Å². The zero-order valence-electron chi connectivity index (χ0n) is 13.4. The van der Waals surface area contributed by atoms with E-state index in [0.717, 1.165) is 25.2 Å². The van der Waals surface area contributed by atoms with Crippen molar-refractivity contribution in [1.29, 1.82) is 0 Å². The average Bonchev–Trinajstić information content (AvgIpc) is 2.92. The quantitative estimate of drug-likeness (QED) is 0.903. The second kappa shape index (κ2) is 5.36. The van der Waals surface area contributed by atoms with Crippen LogP contribution < -0.4 is 5.73 Å². The molecule has 2 N–H and O–H groups in total. The normalized spacial score (nSPS) is 28.3. The van der Waals surface area contributed by atoms with Crippen LogP contribution in [0.1, 0.15) is 76.9 Å². The molecule has 0 saturated heterocycles. The molecule has 2 aliphatic rings. The highest BCUT2D eigenvalue weighted by Gasteiger charge is 2.40. The molecule has 0 radical (unpaired) electrons. The van der Waals surface area contributed by atoms with Crippen LogP contribution in [-0.4, -0.2) is 22.9 Å². The van der Waals surface area contributed by atoms with Gasteiger partial charge in [0.05, 0.1) is 12.7 Å². The summed E-state index contributed by atoms with van der Waals surface area (Å²) in [5, 5.41) is 4.13. The van der Waals surface area contributed by atoms with Crippen molar-refractivity contribution in [2.75, 3.05) is 6.61 Å². The molecule has 2 unspecified atom stereocenters.